The molecule has 3 N–H and O–H groups in total. The number of rotatable bonds is 0. The highest BCUT2D eigenvalue weighted by atomic mass is 19.4. The van der Waals surface area contributed by atoms with Crippen LogP contribution in [0.5, 0.6) is 5.75 Å². The van der Waals surface area contributed by atoms with Crippen molar-refractivity contribution in [3.05, 3.63) is 23.3 Å². The first kappa shape index (κ1) is 16.9. The quantitative estimate of drug-likeness (QED) is 0.563. The predicted molar refractivity (Wildman–Crippen MR) is 83.5 cm³/mol. The Morgan fingerprint density at radius 2 is 1.96 bits per heavy atom. The second kappa shape index (κ2) is 4.80. The van der Waals surface area contributed by atoms with E-state index >= 15 is 0 Å². The Kier molecular flexibility index (Phi) is 3.38. The minimum absolute atomic E-state index is 0.0491. The summed E-state index contributed by atoms with van der Waals surface area (Å²) in [5.74, 6) is -1.89. The van der Waals surface area contributed by atoms with E-state index in [1.807, 2.05) is 26.8 Å². The number of aromatic hydroxyl groups is 1. The van der Waals surface area contributed by atoms with Gasteiger partial charge in [-0.1, -0.05) is 26.8 Å². The van der Waals surface area contributed by atoms with Crippen LogP contribution in [0.2, 0.25) is 0 Å². The Morgan fingerprint density at radius 3 is 2.54 bits per heavy atom. The third-order valence-electron chi connectivity index (χ3n) is 6.29. The number of piperidine rings is 1. The number of phenolic OH excluding ortho intramolecular Hbond substituents is 1. The van der Waals surface area contributed by atoms with E-state index in [9.17, 15) is 23.1 Å². The van der Waals surface area contributed by atoms with E-state index in [1.165, 1.54) is 0 Å². The number of carbonyl (C=O) groups excluding carboxylic acids is 1. The van der Waals surface area contributed by atoms with Crippen LogP contribution in [0.4, 0.5) is 18.9 Å². The molecule has 2 atom stereocenters. The number of hydrogen-bond acceptors (Lipinski definition) is 3. The van der Waals surface area contributed by atoms with Crippen LogP contribution < -0.4 is 5.73 Å². The van der Waals surface area contributed by atoms with Crippen molar-refractivity contribution in [3.63, 3.8) is 0 Å². The maximum atomic E-state index is 13.0. The van der Waals surface area contributed by atoms with Crippen LogP contribution in [0, 0.1) is 5.41 Å². The molecular formula is C17H21F3N2O2. The molecule has 2 aliphatic rings. The summed E-state index contributed by atoms with van der Waals surface area (Å²) in [6.45, 7) is 5.82. The zero-order chi connectivity index (χ0) is 18.1. The van der Waals surface area contributed by atoms with Crippen molar-refractivity contribution in [2.75, 3.05) is 12.3 Å². The van der Waals surface area contributed by atoms with Gasteiger partial charge in [0.1, 0.15) is 5.75 Å². The van der Waals surface area contributed by atoms with Crippen LogP contribution in [0.1, 0.15) is 38.3 Å². The van der Waals surface area contributed by atoms with Crippen molar-refractivity contribution < 1.29 is 23.1 Å². The van der Waals surface area contributed by atoms with Gasteiger partial charge in [0.2, 0.25) is 0 Å². The number of halogens is 3. The van der Waals surface area contributed by atoms with Crippen LogP contribution in [-0.4, -0.2) is 34.7 Å². The van der Waals surface area contributed by atoms with Crippen LogP contribution in [0.15, 0.2) is 12.1 Å². The van der Waals surface area contributed by atoms with Gasteiger partial charge in [0.05, 0.1) is 5.69 Å². The van der Waals surface area contributed by atoms with Gasteiger partial charge in [0.15, 0.2) is 0 Å². The number of fused-ring (bicyclic) bond motifs is 4. The van der Waals surface area contributed by atoms with Gasteiger partial charge in [-0.25, -0.2) is 0 Å². The van der Waals surface area contributed by atoms with Gasteiger partial charge >= 0.3 is 12.1 Å². The van der Waals surface area contributed by atoms with Crippen molar-refractivity contribution in [1.29, 1.82) is 0 Å². The molecule has 1 aromatic rings. The number of nitrogens with two attached hydrogens (primary N) is 1. The topological polar surface area (TPSA) is 66.6 Å². The van der Waals surface area contributed by atoms with Crippen molar-refractivity contribution in [2.45, 2.75) is 51.2 Å². The molecule has 1 aliphatic carbocycles. The average Bonchev–Trinajstić information content (AvgIpc) is 2.45. The number of benzene rings is 1. The van der Waals surface area contributed by atoms with E-state index in [0.29, 0.717) is 12.0 Å². The molecule has 0 aromatic heterocycles. The molecule has 1 fully saturated rings. The number of nitrogen functional groups attached to an aromatic ring is 1. The third-order valence-corrected chi connectivity index (χ3v) is 6.29. The molecule has 1 aliphatic heterocycles. The summed E-state index contributed by atoms with van der Waals surface area (Å²) in [4.78, 5) is 12.8. The van der Waals surface area contributed by atoms with Gasteiger partial charge in [-0.2, -0.15) is 13.2 Å². The number of hydrogen-bond donors (Lipinski definition) is 2. The van der Waals surface area contributed by atoms with E-state index in [2.05, 4.69) is 0 Å². The summed E-state index contributed by atoms with van der Waals surface area (Å²) in [5, 5.41) is 10.3. The lowest BCUT2D eigenvalue weighted by atomic mass is 9.51. The second-order valence-corrected chi connectivity index (χ2v) is 7.55. The average molecular weight is 342 g/mol. The Hall–Kier alpha value is -1.92. The fourth-order valence-corrected chi connectivity index (χ4v) is 4.40. The minimum Gasteiger partial charge on any atom is -0.505 e. The standard InChI is InChI=1S/C17H21F3N2O2/c1-15(2)12-8-9-10(4-5-11(21)13(9)23)16(15,3)6-7-22(12)14(24)17(18,19)20/h4-5,12,23H,6-8,21H2,1-3H3/t12-,16+/m1/s1. The highest BCUT2D eigenvalue weighted by Gasteiger charge is 2.59. The molecule has 0 unspecified atom stereocenters. The van der Waals surface area contributed by atoms with Crippen molar-refractivity contribution >= 4 is 11.6 Å². The molecule has 0 saturated carbocycles. The lowest BCUT2D eigenvalue weighted by molar-refractivity contribution is -0.195. The number of likely N-dealkylation sites (tertiary alicyclic amines) is 1. The smallest absolute Gasteiger partial charge is 0.471 e. The molecule has 2 bridgehead atoms. The highest BCUT2D eigenvalue weighted by Crippen LogP contribution is 2.58. The predicted octanol–water partition coefficient (Wildman–Crippen LogP) is 2.98. The number of amides is 1. The number of nitrogens with zero attached hydrogens (tertiary/aromatic N) is 1. The Balaban J connectivity index is 2.16. The number of phenols is 1. The monoisotopic (exact) mass is 342 g/mol. The lowest BCUT2D eigenvalue weighted by Gasteiger charge is -2.60. The summed E-state index contributed by atoms with van der Waals surface area (Å²) >= 11 is 0. The van der Waals surface area contributed by atoms with Gasteiger partial charge < -0.3 is 15.7 Å². The first-order chi connectivity index (χ1) is 10.9. The number of anilines is 1. The Bertz CT molecular complexity index is 715. The van der Waals surface area contributed by atoms with Gasteiger partial charge in [-0.3, -0.25) is 4.79 Å². The summed E-state index contributed by atoms with van der Waals surface area (Å²) in [5.41, 5.74) is 6.41. The largest absolute Gasteiger partial charge is 0.505 e. The van der Waals surface area contributed by atoms with E-state index < -0.39 is 29.0 Å². The summed E-state index contributed by atoms with van der Waals surface area (Å²) in [6, 6.07) is 2.83. The zero-order valence-electron chi connectivity index (χ0n) is 13.9. The lowest BCUT2D eigenvalue weighted by Crippen LogP contribution is -2.66. The first-order valence-corrected chi connectivity index (χ1v) is 7.90. The molecule has 24 heavy (non-hydrogen) atoms. The van der Waals surface area contributed by atoms with Crippen molar-refractivity contribution in [3.8, 4) is 5.75 Å². The van der Waals surface area contributed by atoms with Gasteiger partial charge in [0, 0.05) is 23.6 Å². The van der Waals surface area contributed by atoms with E-state index in [1.54, 1.807) is 6.07 Å². The fourth-order valence-electron chi connectivity index (χ4n) is 4.40. The molecule has 1 aromatic carbocycles. The van der Waals surface area contributed by atoms with Gasteiger partial charge in [-0.05, 0) is 29.9 Å². The van der Waals surface area contributed by atoms with Crippen LogP contribution in [-0.2, 0) is 16.6 Å². The van der Waals surface area contributed by atoms with Crippen LogP contribution >= 0.6 is 0 Å². The van der Waals surface area contributed by atoms with E-state index in [-0.39, 0.29) is 24.4 Å². The van der Waals surface area contributed by atoms with E-state index in [4.69, 9.17) is 5.73 Å². The van der Waals surface area contributed by atoms with E-state index in [0.717, 1.165) is 10.5 Å². The van der Waals surface area contributed by atoms with Crippen molar-refractivity contribution in [1.82, 2.24) is 4.90 Å². The zero-order valence-corrected chi connectivity index (χ0v) is 13.9. The normalized spacial score (nSPS) is 28.4. The summed E-state index contributed by atoms with van der Waals surface area (Å²) in [6.07, 6.45) is -4.34. The third kappa shape index (κ3) is 2.03. The molecular weight excluding hydrogens is 321 g/mol. The highest BCUT2D eigenvalue weighted by molar-refractivity contribution is 5.82. The Labute approximate surface area is 138 Å². The maximum absolute atomic E-state index is 13.0. The second-order valence-electron chi connectivity index (χ2n) is 7.55. The van der Waals surface area contributed by atoms with Gasteiger partial charge in [-0.15, -0.1) is 0 Å². The number of alkyl halides is 3. The molecule has 1 heterocycles. The van der Waals surface area contributed by atoms with Crippen LogP contribution in [0.25, 0.3) is 0 Å². The summed E-state index contributed by atoms with van der Waals surface area (Å²) in [7, 11) is 0. The fraction of sp³-hybridized carbons (Fsp3) is 0.588. The maximum Gasteiger partial charge on any atom is 0.471 e. The molecule has 1 saturated heterocycles. The molecule has 0 spiro atoms. The molecule has 4 nitrogen and oxygen atoms in total. The molecule has 3 rings (SSSR count). The first-order valence-electron chi connectivity index (χ1n) is 7.90. The molecule has 7 heteroatoms. The van der Waals surface area contributed by atoms with Gasteiger partial charge in [0.25, 0.3) is 0 Å². The number of carbonyl (C=O) groups is 1. The summed E-state index contributed by atoms with van der Waals surface area (Å²) < 4.78 is 39.0. The molecule has 132 valence electrons. The SMILES string of the molecule is CC1(C)[C@H]2Cc3c(ccc(N)c3O)[C@]1(C)CCN2C(=O)C(F)(F)F. The Morgan fingerprint density at radius 1 is 1.33 bits per heavy atom. The molecule has 1 amide bonds. The van der Waals surface area contributed by atoms with Crippen molar-refractivity contribution in [2.24, 2.45) is 5.41 Å². The van der Waals surface area contributed by atoms with Crippen LogP contribution in [0.3, 0.4) is 0 Å². The molecule has 0 radical (unpaired) electrons. The minimum atomic E-state index is -4.90.